The second-order valence-corrected chi connectivity index (χ2v) is 6.34. The number of primary amides is 1. The van der Waals surface area contributed by atoms with Crippen LogP contribution in [0.2, 0.25) is 0 Å². The van der Waals surface area contributed by atoms with E-state index in [0.717, 1.165) is 32.1 Å². The Bertz CT molecular complexity index is 231. The van der Waals surface area contributed by atoms with E-state index in [-0.39, 0.29) is 12.0 Å². The molecule has 0 fully saturated rings. The number of hydrogen-bond acceptors (Lipinski definition) is 2. The van der Waals surface area contributed by atoms with Crippen LogP contribution < -0.4 is 5.73 Å². The number of nitrogens with two attached hydrogens (primary N) is 1. The van der Waals surface area contributed by atoms with Crippen molar-refractivity contribution in [3.05, 3.63) is 0 Å². The normalized spacial score (nSPS) is 12.5. The average Bonchev–Trinajstić information content (AvgIpc) is 2.45. The van der Waals surface area contributed by atoms with Crippen LogP contribution in [0.15, 0.2) is 0 Å². The molecular formula is C18H37NO2. The number of aliphatic hydroxyl groups excluding tert-OH is 1. The molecule has 0 aliphatic carbocycles. The van der Waals surface area contributed by atoms with Gasteiger partial charge in [-0.05, 0) is 19.3 Å². The number of carbonyl (C=O) groups excluding carboxylic acids is 1. The first-order chi connectivity index (χ1) is 10.2. The minimum absolute atomic E-state index is 0.0645. The fourth-order valence-electron chi connectivity index (χ4n) is 2.68. The summed E-state index contributed by atoms with van der Waals surface area (Å²) in [6.45, 7) is 2.17. The van der Waals surface area contributed by atoms with Gasteiger partial charge in [-0.25, -0.2) is 0 Å². The highest BCUT2D eigenvalue weighted by Crippen LogP contribution is 2.13. The molecular weight excluding hydrogens is 262 g/mol. The molecule has 21 heavy (non-hydrogen) atoms. The number of amides is 1. The summed E-state index contributed by atoms with van der Waals surface area (Å²) in [5, 5.41) is 9.73. The summed E-state index contributed by atoms with van der Waals surface area (Å²) in [6, 6.07) is 0. The maximum Gasteiger partial charge on any atom is 0.217 e. The molecule has 0 rings (SSSR count). The van der Waals surface area contributed by atoms with E-state index < -0.39 is 0 Å². The minimum atomic E-state index is -0.171. The molecule has 1 atom stereocenters. The summed E-state index contributed by atoms with van der Waals surface area (Å²) >= 11 is 0. The summed E-state index contributed by atoms with van der Waals surface area (Å²) in [5.41, 5.74) is 5.10. The van der Waals surface area contributed by atoms with E-state index in [0.29, 0.717) is 6.42 Å². The quantitative estimate of drug-likeness (QED) is 0.406. The maximum absolute atomic E-state index is 10.6. The second kappa shape index (κ2) is 15.8. The number of hydrogen-bond donors (Lipinski definition) is 2. The Morgan fingerprint density at radius 1 is 0.810 bits per heavy atom. The fourth-order valence-corrected chi connectivity index (χ4v) is 2.68. The van der Waals surface area contributed by atoms with E-state index in [4.69, 9.17) is 5.73 Å². The lowest BCUT2D eigenvalue weighted by atomic mass is 10.0. The third kappa shape index (κ3) is 17.4. The molecule has 0 heterocycles. The predicted molar refractivity (Wildman–Crippen MR) is 90.1 cm³/mol. The third-order valence-electron chi connectivity index (χ3n) is 4.10. The van der Waals surface area contributed by atoms with Crippen molar-refractivity contribution in [2.24, 2.45) is 5.73 Å². The third-order valence-corrected chi connectivity index (χ3v) is 4.10. The molecule has 0 saturated carbocycles. The first-order valence-electron chi connectivity index (χ1n) is 9.13. The zero-order valence-electron chi connectivity index (χ0n) is 14.1. The molecule has 0 aliphatic rings. The molecule has 126 valence electrons. The highest BCUT2D eigenvalue weighted by atomic mass is 16.3. The molecule has 1 amide bonds. The van der Waals surface area contributed by atoms with Crippen molar-refractivity contribution in [1.82, 2.24) is 0 Å². The van der Waals surface area contributed by atoms with E-state index in [1.807, 2.05) is 0 Å². The molecule has 0 spiro atoms. The first-order valence-corrected chi connectivity index (χ1v) is 9.13. The fraction of sp³-hybridized carbons (Fsp3) is 0.944. The van der Waals surface area contributed by atoms with Crippen molar-refractivity contribution >= 4 is 5.91 Å². The van der Waals surface area contributed by atoms with Crippen LogP contribution in [0, 0.1) is 0 Å². The lowest BCUT2D eigenvalue weighted by Crippen LogP contribution is -2.09. The standard InChI is InChI=1S/C18H37NO2/c1-2-3-14-17(20)15-12-10-8-6-4-5-7-9-11-13-16-18(19)21/h17,20H,2-16H2,1H3,(H2,19,21). The Labute approximate surface area is 131 Å². The number of rotatable bonds is 16. The van der Waals surface area contributed by atoms with Crippen LogP contribution in [0.5, 0.6) is 0 Å². The topological polar surface area (TPSA) is 63.3 Å². The Morgan fingerprint density at radius 3 is 1.71 bits per heavy atom. The van der Waals surface area contributed by atoms with Gasteiger partial charge in [-0.2, -0.15) is 0 Å². The van der Waals surface area contributed by atoms with Crippen LogP contribution in [0.3, 0.4) is 0 Å². The SMILES string of the molecule is CCCCC(O)CCCCCCCCCCCCC(N)=O. The number of aliphatic hydroxyl groups is 1. The van der Waals surface area contributed by atoms with Gasteiger partial charge in [0.05, 0.1) is 6.10 Å². The van der Waals surface area contributed by atoms with Crippen molar-refractivity contribution in [3.8, 4) is 0 Å². The first kappa shape index (κ1) is 20.4. The largest absolute Gasteiger partial charge is 0.393 e. The molecule has 1 unspecified atom stereocenters. The molecule has 0 saturated heterocycles. The minimum Gasteiger partial charge on any atom is -0.393 e. The molecule has 0 radical (unpaired) electrons. The van der Waals surface area contributed by atoms with Crippen molar-refractivity contribution < 1.29 is 9.90 Å². The van der Waals surface area contributed by atoms with E-state index in [2.05, 4.69) is 6.92 Å². The second-order valence-electron chi connectivity index (χ2n) is 6.34. The zero-order valence-corrected chi connectivity index (χ0v) is 14.1. The van der Waals surface area contributed by atoms with Crippen LogP contribution in [0.25, 0.3) is 0 Å². The summed E-state index contributed by atoms with van der Waals surface area (Å²) in [4.78, 5) is 10.6. The van der Waals surface area contributed by atoms with Gasteiger partial charge in [0.15, 0.2) is 0 Å². The van der Waals surface area contributed by atoms with E-state index in [1.165, 1.54) is 57.8 Å². The number of unbranched alkanes of at least 4 members (excludes halogenated alkanes) is 10. The molecule has 3 N–H and O–H groups in total. The van der Waals surface area contributed by atoms with Crippen LogP contribution in [0.1, 0.15) is 103 Å². The molecule has 0 aliphatic heterocycles. The summed E-state index contributed by atoms with van der Waals surface area (Å²) in [7, 11) is 0. The van der Waals surface area contributed by atoms with Gasteiger partial charge in [0.1, 0.15) is 0 Å². The Balaban J connectivity index is 3.07. The summed E-state index contributed by atoms with van der Waals surface area (Å²) in [6.07, 6.45) is 17.1. The van der Waals surface area contributed by atoms with Crippen LogP contribution in [-0.4, -0.2) is 17.1 Å². The Morgan fingerprint density at radius 2 is 1.24 bits per heavy atom. The van der Waals surface area contributed by atoms with Crippen LogP contribution in [0.4, 0.5) is 0 Å². The lowest BCUT2D eigenvalue weighted by Gasteiger charge is -2.09. The van der Waals surface area contributed by atoms with Gasteiger partial charge in [-0.1, -0.05) is 77.6 Å². The molecule has 0 bridgehead atoms. The summed E-state index contributed by atoms with van der Waals surface area (Å²) < 4.78 is 0. The predicted octanol–water partition coefficient (Wildman–Crippen LogP) is 4.70. The molecule has 0 aromatic heterocycles. The van der Waals surface area contributed by atoms with E-state index in [1.54, 1.807) is 0 Å². The van der Waals surface area contributed by atoms with Crippen molar-refractivity contribution in [2.45, 2.75) is 109 Å². The van der Waals surface area contributed by atoms with Gasteiger partial charge < -0.3 is 10.8 Å². The van der Waals surface area contributed by atoms with Gasteiger partial charge in [-0.3, -0.25) is 4.79 Å². The molecule has 0 aromatic carbocycles. The molecule has 3 nitrogen and oxygen atoms in total. The highest BCUT2D eigenvalue weighted by Gasteiger charge is 2.02. The maximum atomic E-state index is 10.6. The number of carbonyl (C=O) groups is 1. The van der Waals surface area contributed by atoms with Gasteiger partial charge in [0.2, 0.25) is 5.91 Å². The smallest absolute Gasteiger partial charge is 0.217 e. The van der Waals surface area contributed by atoms with Crippen LogP contribution >= 0.6 is 0 Å². The van der Waals surface area contributed by atoms with E-state index in [9.17, 15) is 9.90 Å². The van der Waals surface area contributed by atoms with Crippen molar-refractivity contribution in [2.75, 3.05) is 0 Å². The monoisotopic (exact) mass is 299 g/mol. The van der Waals surface area contributed by atoms with Gasteiger partial charge in [0.25, 0.3) is 0 Å². The summed E-state index contributed by atoms with van der Waals surface area (Å²) in [5.74, 6) is -0.171. The lowest BCUT2D eigenvalue weighted by molar-refractivity contribution is -0.118. The average molecular weight is 299 g/mol. The molecule has 0 aromatic rings. The van der Waals surface area contributed by atoms with Gasteiger partial charge >= 0.3 is 0 Å². The Kier molecular flexibility index (Phi) is 15.4. The van der Waals surface area contributed by atoms with Crippen molar-refractivity contribution in [3.63, 3.8) is 0 Å². The zero-order chi connectivity index (χ0) is 15.8. The highest BCUT2D eigenvalue weighted by molar-refractivity contribution is 5.73. The van der Waals surface area contributed by atoms with Gasteiger partial charge in [-0.15, -0.1) is 0 Å². The van der Waals surface area contributed by atoms with Crippen molar-refractivity contribution in [1.29, 1.82) is 0 Å². The van der Waals surface area contributed by atoms with Gasteiger partial charge in [0, 0.05) is 6.42 Å². The van der Waals surface area contributed by atoms with E-state index >= 15 is 0 Å². The molecule has 3 heteroatoms. The Hall–Kier alpha value is -0.570. The van der Waals surface area contributed by atoms with Crippen LogP contribution in [-0.2, 0) is 4.79 Å².